The van der Waals surface area contributed by atoms with Crippen LogP contribution >= 0.6 is 0 Å². The number of hydrogen-bond acceptors (Lipinski definition) is 3. The summed E-state index contributed by atoms with van der Waals surface area (Å²) in [6.45, 7) is 4.98. The number of nitrogens with zero attached hydrogens (tertiary/aromatic N) is 2. The highest BCUT2D eigenvalue weighted by Gasteiger charge is 2.16. The van der Waals surface area contributed by atoms with Crippen LogP contribution in [0.1, 0.15) is 37.7 Å². The fourth-order valence-electron chi connectivity index (χ4n) is 4.14. The van der Waals surface area contributed by atoms with Crippen LogP contribution in [-0.4, -0.2) is 41.6 Å². The molecule has 2 aromatic carbocycles. The molecule has 4 nitrogen and oxygen atoms in total. The third-order valence-corrected chi connectivity index (χ3v) is 6.07. The van der Waals surface area contributed by atoms with Gasteiger partial charge in [-0.25, -0.2) is 9.37 Å². The Morgan fingerprint density at radius 3 is 2.83 bits per heavy atom. The van der Waals surface area contributed by atoms with Crippen LogP contribution in [-0.2, 0) is 0 Å². The van der Waals surface area contributed by atoms with E-state index < -0.39 is 0 Å². The lowest BCUT2D eigenvalue weighted by atomic mass is 9.92. The van der Waals surface area contributed by atoms with E-state index in [9.17, 15) is 4.39 Å². The van der Waals surface area contributed by atoms with Crippen LogP contribution in [0.15, 0.2) is 36.4 Å². The molecular formula is C24H30FN3O. The molecule has 5 heteroatoms. The first kappa shape index (κ1) is 19.9. The Hall–Kier alpha value is -2.40. The first-order valence-electron chi connectivity index (χ1n) is 10.7. The van der Waals surface area contributed by atoms with E-state index in [1.165, 1.54) is 44.8 Å². The zero-order valence-electron chi connectivity index (χ0n) is 17.4. The number of aryl methyl sites for hydroxylation is 1. The maximum absolute atomic E-state index is 13.8. The predicted octanol–water partition coefficient (Wildman–Crippen LogP) is 5.57. The summed E-state index contributed by atoms with van der Waals surface area (Å²) in [4.78, 5) is 10.3. The SMILES string of the molecule is Cc1c(F)ccc2nc(-c3cccc(OCCCCC4CCN(C)CC4)c3)[nH]c12. The summed E-state index contributed by atoms with van der Waals surface area (Å²) < 4.78 is 19.8. The number of aromatic nitrogens is 2. The van der Waals surface area contributed by atoms with Gasteiger partial charge in [0.15, 0.2) is 0 Å². The van der Waals surface area contributed by atoms with Crippen LogP contribution in [0.2, 0.25) is 0 Å². The second-order valence-corrected chi connectivity index (χ2v) is 8.27. The van der Waals surface area contributed by atoms with E-state index >= 15 is 0 Å². The van der Waals surface area contributed by atoms with Gasteiger partial charge in [-0.15, -0.1) is 0 Å². The van der Waals surface area contributed by atoms with Crippen molar-refractivity contribution in [1.29, 1.82) is 0 Å². The molecule has 1 aliphatic heterocycles. The van der Waals surface area contributed by atoms with E-state index in [1.54, 1.807) is 13.0 Å². The van der Waals surface area contributed by atoms with Crippen LogP contribution in [0.3, 0.4) is 0 Å². The van der Waals surface area contributed by atoms with Crippen LogP contribution in [0.25, 0.3) is 22.4 Å². The number of aromatic amines is 1. The smallest absolute Gasteiger partial charge is 0.138 e. The Morgan fingerprint density at radius 2 is 2.00 bits per heavy atom. The Morgan fingerprint density at radius 1 is 1.17 bits per heavy atom. The minimum atomic E-state index is -0.218. The molecule has 3 aromatic rings. The van der Waals surface area contributed by atoms with Gasteiger partial charge in [0.05, 0.1) is 17.6 Å². The Bertz CT molecular complexity index is 960. The molecule has 0 bridgehead atoms. The number of unbranched alkanes of at least 4 members (excludes halogenated alkanes) is 1. The van der Waals surface area contributed by atoms with Crippen molar-refractivity contribution in [2.75, 3.05) is 26.7 Å². The van der Waals surface area contributed by atoms with Crippen molar-refractivity contribution in [3.8, 4) is 17.1 Å². The van der Waals surface area contributed by atoms with Gasteiger partial charge in [0.2, 0.25) is 0 Å². The minimum absolute atomic E-state index is 0.218. The number of rotatable bonds is 7. The van der Waals surface area contributed by atoms with Crippen molar-refractivity contribution in [3.63, 3.8) is 0 Å². The topological polar surface area (TPSA) is 41.1 Å². The standard InChI is InChI=1S/C24H30FN3O/c1-17-21(25)9-10-22-23(17)27-24(26-22)19-7-5-8-20(16-19)29-15-4-3-6-18-11-13-28(2)14-12-18/h5,7-10,16,18H,3-4,6,11-15H2,1-2H3,(H,26,27). The van der Waals surface area contributed by atoms with Crippen LogP contribution in [0.5, 0.6) is 5.75 Å². The number of halogens is 1. The molecule has 0 radical (unpaired) electrons. The van der Waals surface area contributed by atoms with Gasteiger partial charge in [0, 0.05) is 11.1 Å². The summed E-state index contributed by atoms with van der Waals surface area (Å²) in [5, 5.41) is 0. The molecule has 1 N–H and O–H groups in total. The van der Waals surface area contributed by atoms with E-state index in [-0.39, 0.29) is 5.82 Å². The minimum Gasteiger partial charge on any atom is -0.494 e. The summed E-state index contributed by atoms with van der Waals surface area (Å²) >= 11 is 0. The normalized spacial score (nSPS) is 15.8. The first-order valence-corrected chi connectivity index (χ1v) is 10.7. The third-order valence-electron chi connectivity index (χ3n) is 6.07. The van der Waals surface area contributed by atoms with Crippen molar-refractivity contribution in [1.82, 2.24) is 14.9 Å². The van der Waals surface area contributed by atoms with Crippen molar-refractivity contribution < 1.29 is 9.13 Å². The first-order chi connectivity index (χ1) is 14.1. The zero-order chi connectivity index (χ0) is 20.2. The molecule has 1 aliphatic rings. The highest BCUT2D eigenvalue weighted by Crippen LogP contribution is 2.27. The molecule has 0 unspecified atom stereocenters. The number of piperidine rings is 1. The van der Waals surface area contributed by atoms with Crippen LogP contribution < -0.4 is 4.74 Å². The molecule has 1 fully saturated rings. The van der Waals surface area contributed by atoms with Gasteiger partial charge in [-0.1, -0.05) is 18.6 Å². The van der Waals surface area contributed by atoms with Gasteiger partial charge in [0.1, 0.15) is 17.4 Å². The molecule has 0 saturated carbocycles. The number of fused-ring (bicyclic) bond motifs is 1. The molecule has 154 valence electrons. The van der Waals surface area contributed by atoms with Gasteiger partial charge >= 0.3 is 0 Å². The molecule has 0 aliphatic carbocycles. The Balaban J connectivity index is 1.31. The third kappa shape index (κ3) is 4.78. The van der Waals surface area contributed by atoms with Crippen molar-refractivity contribution >= 4 is 11.0 Å². The average Bonchev–Trinajstić information content (AvgIpc) is 3.17. The lowest BCUT2D eigenvalue weighted by Gasteiger charge is -2.28. The number of imidazole rings is 1. The quantitative estimate of drug-likeness (QED) is 0.532. The molecule has 0 amide bonds. The number of hydrogen-bond donors (Lipinski definition) is 1. The summed E-state index contributed by atoms with van der Waals surface area (Å²) in [6.07, 6.45) is 6.29. The number of ether oxygens (including phenoxy) is 1. The molecule has 1 saturated heterocycles. The number of likely N-dealkylation sites (tertiary alicyclic amines) is 1. The molecule has 0 spiro atoms. The van der Waals surface area contributed by atoms with Crippen molar-refractivity contribution in [3.05, 3.63) is 47.8 Å². The summed E-state index contributed by atoms with van der Waals surface area (Å²) in [7, 11) is 2.21. The second-order valence-electron chi connectivity index (χ2n) is 8.27. The monoisotopic (exact) mass is 395 g/mol. The molecule has 29 heavy (non-hydrogen) atoms. The van der Waals surface area contributed by atoms with E-state index in [0.29, 0.717) is 5.56 Å². The highest BCUT2D eigenvalue weighted by atomic mass is 19.1. The number of benzene rings is 2. The second kappa shape index (κ2) is 8.95. The zero-order valence-corrected chi connectivity index (χ0v) is 17.4. The molecule has 4 rings (SSSR count). The molecule has 2 heterocycles. The van der Waals surface area contributed by atoms with Gasteiger partial charge in [-0.2, -0.15) is 0 Å². The van der Waals surface area contributed by atoms with E-state index in [1.807, 2.05) is 24.3 Å². The lowest BCUT2D eigenvalue weighted by Crippen LogP contribution is -2.30. The molecular weight excluding hydrogens is 365 g/mol. The summed E-state index contributed by atoms with van der Waals surface area (Å²) in [5.41, 5.74) is 3.07. The summed E-state index contributed by atoms with van der Waals surface area (Å²) in [6, 6.07) is 11.1. The van der Waals surface area contributed by atoms with Crippen molar-refractivity contribution in [2.45, 2.75) is 39.0 Å². The highest BCUT2D eigenvalue weighted by molar-refractivity contribution is 5.82. The van der Waals surface area contributed by atoms with E-state index in [4.69, 9.17) is 4.74 Å². The predicted molar refractivity (Wildman–Crippen MR) is 116 cm³/mol. The number of H-pyrrole nitrogens is 1. The maximum Gasteiger partial charge on any atom is 0.138 e. The summed E-state index contributed by atoms with van der Waals surface area (Å²) in [5.74, 6) is 2.26. The maximum atomic E-state index is 13.8. The van der Waals surface area contributed by atoms with Crippen LogP contribution in [0, 0.1) is 18.7 Å². The fourth-order valence-corrected chi connectivity index (χ4v) is 4.14. The average molecular weight is 396 g/mol. The molecule has 0 atom stereocenters. The Kier molecular flexibility index (Phi) is 6.14. The number of nitrogens with one attached hydrogen (secondary N) is 1. The van der Waals surface area contributed by atoms with E-state index in [0.717, 1.165) is 47.1 Å². The Labute approximate surface area is 172 Å². The largest absolute Gasteiger partial charge is 0.494 e. The van der Waals surface area contributed by atoms with Gasteiger partial charge in [0.25, 0.3) is 0 Å². The van der Waals surface area contributed by atoms with Gasteiger partial charge < -0.3 is 14.6 Å². The van der Waals surface area contributed by atoms with Gasteiger partial charge in [-0.3, -0.25) is 0 Å². The fraction of sp³-hybridized carbons (Fsp3) is 0.458. The van der Waals surface area contributed by atoms with Crippen molar-refractivity contribution in [2.24, 2.45) is 5.92 Å². The lowest BCUT2D eigenvalue weighted by molar-refractivity contribution is 0.206. The van der Waals surface area contributed by atoms with E-state index in [2.05, 4.69) is 21.9 Å². The van der Waals surface area contributed by atoms with Gasteiger partial charge in [-0.05, 0) is 82.9 Å². The molecule has 1 aromatic heterocycles. The van der Waals surface area contributed by atoms with Crippen LogP contribution in [0.4, 0.5) is 4.39 Å².